The van der Waals surface area contributed by atoms with E-state index >= 15 is 0 Å². The number of anilines is 1. The van der Waals surface area contributed by atoms with Crippen molar-refractivity contribution < 1.29 is 17.6 Å². The van der Waals surface area contributed by atoms with Gasteiger partial charge in [0.2, 0.25) is 5.91 Å². The van der Waals surface area contributed by atoms with E-state index in [-0.39, 0.29) is 5.69 Å². The minimum absolute atomic E-state index is 0.141. The van der Waals surface area contributed by atoms with Crippen molar-refractivity contribution in [2.45, 2.75) is 17.7 Å². The first-order chi connectivity index (χ1) is 8.90. The molecule has 1 saturated heterocycles. The number of nitrogens with two attached hydrogens (primary N) is 1. The number of likely N-dealkylation sites (tertiary alicyclic amines) is 1. The molecule has 1 aliphatic heterocycles. The maximum absolute atomic E-state index is 13.6. The molecule has 1 amide bonds. The Morgan fingerprint density at radius 3 is 2.53 bits per heavy atom. The Labute approximate surface area is 111 Å². The predicted octanol–water partition coefficient (Wildman–Crippen LogP) is 0.804. The normalized spacial score (nSPS) is 15.7. The second-order valence-electron chi connectivity index (χ2n) is 4.54. The summed E-state index contributed by atoms with van der Waals surface area (Å²) >= 11 is 0. The Morgan fingerprint density at radius 2 is 1.95 bits per heavy atom. The summed E-state index contributed by atoms with van der Waals surface area (Å²) in [6, 6.07) is 3.33. The van der Waals surface area contributed by atoms with E-state index in [1.165, 1.54) is 11.0 Å². The highest BCUT2D eigenvalue weighted by molar-refractivity contribution is 7.92. The molecule has 2 N–H and O–H groups in total. The summed E-state index contributed by atoms with van der Waals surface area (Å²) in [6.45, 7) is 1.14. The van der Waals surface area contributed by atoms with Gasteiger partial charge in [0.1, 0.15) is 16.5 Å². The van der Waals surface area contributed by atoms with E-state index in [2.05, 4.69) is 0 Å². The number of benzene rings is 1. The third-order valence-electron chi connectivity index (χ3n) is 3.06. The smallest absolute Gasteiger partial charge is 0.238 e. The van der Waals surface area contributed by atoms with Crippen LogP contribution in [-0.4, -0.2) is 38.1 Å². The number of rotatable bonds is 3. The number of nitrogens with zero attached hydrogens (tertiary/aromatic N) is 1. The quantitative estimate of drug-likeness (QED) is 0.834. The van der Waals surface area contributed by atoms with Gasteiger partial charge in [0.25, 0.3) is 0 Å². The fourth-order valence-corrected chi connectivity index (χ4v) is 3.36. The first kappa shape index (κ1) is 13.8. The summed E-state index contributed by atoms with van der Waals surface area (Å²) in [5, 5.41) is 0. The van der Waals surface area contributed by atoms with Gasteiger partial charge in [0.05, 0.1) is 0 Å². The van der Waals surface area contributed by atoms with Crippen LogP contribution in [-0.2, 0) is 14.6 Å². The standard InChI is InChI=1S/C12H15FN2O3S/c13-10-7-9(14)3-4-11(10)19(17,18)8-12(16)15-5-1-2-6-15/h3-4,7H,1-2,5-6,8,14H2. The molecule has 1 aliphatic rings. The number of carbonyl (C=O) groups is 1. The van der Waals surface area contributed by atoms with Gasteiger partial charge in [-0.3, -0.25) is 4.79 Å². The molecule has 19 heavy (non-hydrogen) atoms. The van der Waals surface area contributed by atoms with E-state index in [0.29, 0.717) is 13.1 Å². The summed E-state index contributed by atoms with van der Waals surface area (Å²) < 4.78 is 37.6. The van der Waals surface area contributed by atoms with Crippen LogP contribution in [0.5, 0.6) is 0 Å². The highest BCUT2D eigenvalue weighted by atomic mass is 32.2. The number of halogens is 1. The van der Waals surface area contributed by atoms with E-state index in [0.717, 1.165) is 25.0 Å². The first-order valence-electron chi connectivity index (χ1n) is 5.96. The first-order valence-corrected chi connectivity index (χ1v) is 7.61. The molecule has 0 aromatic heterocycles. The zero-order valence-corrected chi connectivity index (χ0v) is 11.1. The van der Waals surface area contributed by atoms with Gasteiger partial charge in [-0.05, 0) is 31.0 Å². The van der Waals surface area contributed by atoms with E-state index < -0.39 is 32.2 Å². The number of hydrogen-bond donors (Lipinski definition) is 1. The van der Waals surface area contributed by atoms with Crippen LogP contribution in [0.15, 0.2) is 23.1 Å². The SMILES string of the molecule is Nc1ccc(S(=O)(=O)CC(=O)N2CCCC2)c(F)c1. The Kier molecular flexibility index (Phi) is 3.75. The number of nitrogen functional groups attached to an aromatic ring is 1. The van der Waals surface area contributed by atoms with E-state index in [1.807, 2.05) is 0 Å². The summed E-state index contributed by atoms with van der Waals surface area (Å²) in [5.41, 5.74) is 5.50. The molecule has 5 nitrogen and oxygen atoms in total. The van der Waals surface area contributed by atoms with Gasteiger partial charge in [-0.25, -0.2) is 12.8 Å². The van der Waals surface area contributed by atoms with Crippen molar-refractivity contribution in [2.75, 3.05) is 24.6 Å². The molecule has 1 heterocycles. The predicted molar refractivity (Wildman–Crippen MR) is 68.7 cm³/mol. The topological polar surface area (TPSA) is 80.5 Å². The molecule has 0 radical (unpaired) electrons. The van der Waals surface area contributed by atoms with Crippen LogP contribution in [0.1, 0.15) is 12.8 Å². The molecule has 1 fully saturated rings. The molecule has 0 saturated carbocycles. The van der Waals surface area contributed by atoms with Crippen molar-refractivity contribution in [3.05, 3.63) is 24.0 Å². The molecular formula is C12H15FN2O3S. The van der Waals surface area contributed by atoms with Gasteiger partial charge in [-0.15, -0.1) is 0 Å². The molecule has 1 aromatic carbocycles. The molecule has 104 valence electrons. The summed E-state index contributed by atoms with van der Waals surface area (Å²) in [4.78, 5) is 12.8. The van der Waals surface area contributed by atoms with Gasteiger partial charge in [0.15, 0.2) is 9.84 Å². The average molecular weight is 286 g/mol. The number of carbonyl (C=O) groups excluding carboxylic acids is 1. The van der Waals surface area contributed by atoms with Crippen LogP contribution >= 0.6 is 0 Å². The summed E-state index contributed by atoms with van der Waals surface area (Å²) in [5.74, 6) is -2.10. The van der Waals surface area contributed by atoms with Gasteiger partial charge in [-0.2, -0.15) is 0 Å². The highest BCUT2D eigenvalue weighted by Gasteiger charge is 2.27. The van der Waals surface area contributed by atoms with Crippen LogP contribution in [0.2, 0.25) is 0 Å². The van der Waals surface area contributed by atoms with Gasteiger partial charge < -0.3 is 10.6 Å². The van der Waals surface area contributed by atoms with Crippen molar-refractivity contribution >= 4 is 21.4 Å². The Balaban J connectivity index is 2.20. The number of amides is 1. The van der Waals surface area contributed by atoms with Crippen molar-refractivity contribution in [3.63, 3.8) is 0 Å². The average Bonchev–Trinajstić information content (AvgIpc) is 2.80. The fraction of sp³-hybridized carbons (Fsp3) is 0.417. The fourth-order valence-electron chi connectivity index (χ4n) is 2.07. The van der Waals surface area contributed by atoms with Crippen molar-refractivity contribution in [1.29, 1.82) is 0 Å². The lowest BCUT2D eigenvalue weighted by Crippen LogP contribution is -2.33. The minimum atomic E-state index is -3.97. The van der Waals surface area contributed by atoms with Crippen LogP contribution in [0.25, 0.3) is 0 Å². The number of sulfone groups is 1. The van der Waals surface area contributed by atoms with Crippen molar-refractivity contribution in [1.82, 2.24) is 4.90 Å². The van der Waals surface area contributed by atoms with Gasteiger partial charge in [0, 0.05) is 18.8 Å². The Bertz CT molecular complexity index is 595. The minimum Gasteiger partial charge on any atom is -0.399 e. The maximum Gasteiger partial charge on any atom is 0.238 e. The largest absolute Gasteiger partial charge is 0.399 e. The molecule has 2 rings (SSSR count). The van der Waals surface area contributed by atoms with E-state index in [1.54, 1.807) is 0 Å². The monoisotopic (exact) mass is 286 g/mol. The zero-order chi connectivity index (χ0) is 14.0. The maximum atomic E-state index is 13.6. The molecule has 0 atom stereocenters. The third-order valence-corrected chi connectivity index (χ3v) is 4.69. The summed E-state index contributed by atoms with van der Waals surface area (Å²) in [6.07, 6.45) is 1.75. The Hall–Kier alpha value is -1.63. The lowest BCUT2D eigenvalue weighted by atomic mass is 10.3. The van der Waals surface area contributed by atoms with E-state index in [9.17, 15) is 17.6 Å². The van der Waals surface area contributed by atoms with Crippen LogP contribution in [0, 0.1) is 5.82 Å². The molecule has 7 heteroatoms. The Morgan fingerprint density at radius 1 is 1.32 bits per heavy atom. The van der Waals surface area contributed by atoms with Crippen LogP contribution in [0.4, 0.5) is 10.1 Å². The van der Waals surface area contributed by atoms with Gasteiger partial charge in [-0.1, -0.05) is 0 Å². The van der Waals surface area contributed by atoms with E-state index in [4.69, 9.17) is 5.73 Å². The zero-order valence-electron chi connectivity index (χ0n) is 10.3. The number of hydrogen-bond acceptors (Lipinski definition) is 4. The van der Waals surface area contributed by atoms with Crippen molar-refractivity contribution in [2.24, 2.45) is 0 Å². The molecular weight excluding hydrogens is 271 g/mol. The lowest BCUT2D eigenvalue weighted by Gasteiger charge is -2.15. The van der Waals surface area contributed by atoms with Gasteiger partial charge >= 0.3 is 0 Å². The lowest BCUT2D eigenvalue weighted by molar-refractivity contribution is -0.127. The molecule has 0 unspecified atom stereocenters. The second kappa shape index (κ2) is 5.16. The van der Waals surface area contributed by atoms with Crippen LogP contribution < -0.4 is 5.73 Å². The summed E-state index contributed by atoms with van der Waals surface area (Å²) in [7, 11) is -3.97. The highest BCUT2D eigenvalue weighted by Crippen LogP contribution is 2.19. The second-order valence-corrected chi connectivity index (χ2v) is 6.49. The van der Waals surface area contributed by atoms with Crippen molar-refractivity contribution in [3.8, 4) is 0 Å². The molecule has 0 aliphatic carbocycles. The molecule has 0 spiro atoms. The third kappa shape index (κ3) is 3.04. The molecule has 1 aromatic rings. The molecule has 0 bridgehead atoms. The van der Waals surface area contributed by atoms with Crippen LogP contribution in [0.3, 0.4) is 0 Å².